The Morgan fingerprint density at radius 2 is 2.11 bits per heavy atom. The molecular formula is C13H23NO3S. The third-order valence-corrected chi connectivity index (χ3v) is 4.72. The Kier molecular flexibility index (Phi) is 5.99. The highest BCUT2D eigenvalue weighted by molar-refractivity contribution is 8.00. The van der Waals surface area contributed by atoms with Gasteiger partial charge in [-0.05, 0) is 24.5 Å². The van der Waals surface area contributed by atoms with E-state index in [0.29, 0.717) is 19.5 Å². The molecule has 1 amide bonds. The Balaban J connectivity index is 2.66. The normalized spacial score (nSPS) is 22.0. The maximum absolute atomic E-state index is 12.4. The van der Waals surface area contributed by atoms with Crippen LogP contribution in [0.2, 0.25) is 0 Å². The van der Waals surface area contributed by atoms with E-state index in [4.69, 9.17) is 5.11 Å². The first-order valence-corrected chi connectivity index (χ1v) is 7.65. The predicted molar refractivity (Wildman–Crippen MR) is 73.7 cm³/mol. The maximum atomic E-state index is 12.4. The van der Waals surface area contributed by atoms with E-state index in [1.807, 2.05) is 20.8 Å². The van der Waals surface area contributed by atoms with Crippen LogP contribution in [0.5, 0.6) is 0 Å². The van der Waals surface area contributed by atoms with Crippen molar-refractivity contribution in [2.75, 3.05) is 18.8 Å². The number of nitrogens with zero attached hydrogens (tertiary/aromatic N) is 1. The number of hydrogen-bond donors (Lipinski definition) is 1. The van der Waals surface area contributed by atoms with Gasteiger partial charge < -0.3 is 10.0 Å². The zero-order chi connectivity index (χ0) is 13.7. The third kappa shape index (κ3) is 3.90. The molecule has 0 aromatic rings. The van der Waals surface area contributed by atoms with Gasteiger partial charge in [0.05, 0.1) is 11.2 Å². The van der Waals surface area contributed by atoms with Crippen LogP contribution in [0.15, 0.2) is 0 Å². The molecule has 2 unspecified atom stereocenters. The summed E-state index contributed by atoms with van der Waals surface area (Å²) < 4.78 is 0. The summed E-state index contributed by atoms with van der Waals surface area (Å²) in [6, 6.07) is 0. The average Bonchev–Trinajstić information content (AvgIpc) is 2.35. The summed E-state index contributed by atoms with van der Waals surface area (Å²) in [6.07, 6.45) is 1.48. The first-order valence-electron chi connectivity index (χ1n) is 6.60. The molecule has 0 aromatic carbocycles. The van der Waals surface area contributed by atoms with Gasteiger partial charge in [-0.25, -0.2) is 0 Å². The topological polar surface area (TPSA) is 57.6 Å². The molecule has 1 aliphatic rings. The standard InChI is InChI=1S/C13H23NO3S/c1-4-18-11(9(2)3)12(15)14-7-5-6-10(8-14)13(16)17/h9-11H,4-8H2,1-3H3,(H,16,17). The summed E-state index contributed by atoms with van der Waals surface area (Å²) in [5, 5.41) is 9.01. The summed E-state index contributed by atoms with van der Waals surface area (Å²) in [6.45, 7) is 7.22. The van der Waals surface area contributed by atoms with Crippen LogP contribution in [0.1, 0.15) is 33.6 Å². The molecule has 1 rings (SSSR count). The van der Waals surface area contributed by atoms with E-state index in [2.05, 4.69) is 0 Å². The number of carboxylic acids is 1. The van der Waals surface area contributed by atoms with Gasteiger partial charge in [-0.15, -0.1) is 11.8 Å². The predicted octanol–water partition coefficient (Wildman–Crippen LogP) is 2.09. The second-order valence-corrected chi connectivity index (χ2v) is 6.50. The number of carbonyl (C=O) groups excluding carboxylic acids is 1. The SMILES string of the molecule is CCSC(C(=O)N1CCCC(C(=O)O)C1)C(C)C. The number of likely N-dealkylation sites (tertiary alicyclic amines) is 1. The van der Waals surface area contributed by atoms with Crippen molar-refractivity contribution in [2.45, 2.75) is 38.9 Å². The van der Waals surface area contributed by atoms with Crippen molar-refractivity contribution in [3.8, 4) is 0 Å². The van der Waals surface area contributed by atoms with Crippen molar-refractivity contribution in [1.82, 2.24) is 4.90 Å². The molecule has 1 saturated heterocycles. The van der Waals surface area contributed by atoms with Crippen molar-refractivity contribution >= 4 is 23.6 Å². The van der Waals surface area contributed by atoms with E-state index in [9.17, 15) is 9.59 Å². The monoisotopic (exact) mass is 273 g/mol. The summed E-state index contributed by atoms with van der Waals surface area (Å²) in [5.74, 6) is 0.138. The molecule has 0 spiro atoms. The largest absolute Gasteiger partial charge is 0.481 e. The zero-order valence-corrected chi connectivity index (χ0v) is 12.2. The molecule has 104 valence electrons. The Labute approximate surface area is 113 Å². The fourth-order valence-electron chi connectivity index (χ4n) is 2.29. The summed E-state index contributed by atoms with van der Waals surface area (Å²) in [4.78, 5) is 25.2. The summed E-state index contributed by atoms with van der Waals surface area (Å²) in [7, 11) is 0. The Bertz CT molecular complexity index is 307. The van der Waals surface area contributed by atoms with Gasteiger partial charge in [0.15, 0.2) is 0 Å². The van der Waals surface area contributed by atoms with Gasteiger partial charge in [0.25, 0.3) is 0 Å². The molecule has 1 aliphatic heterocycles. The molecule has 0 saturated carbocycles. The lowest BCUT2D eigenvalue weighted by atomic mass is 9.97. The minimum absolute atomic E-state index is 0.0393. The number of carbonyl (C=O) groups is 2. The number of aliphatic carboxylic acids is 1. The van der Waals surface area contributed by atoms with Gasteiger partial charge in [-0.1, -0.05) is 20.8 Å². The number of thioether (sulfide) groups is 1. The van der Waals surface area contributed by atoms with Crippen LogP contribution >= 0.6 is 11.8 Å². The van der Waals surface area contributed by atoms with Crippen LogP contribution in [0.3, 0.4) is 0 Å². The fraction of sp³-hybridized carbons (Fsp3) is 0.846. The fourth-order valence-corrected chi connectivity index (χ4v) is 3.32. The number of rotatable bonds is 5. The number of piperidine rings is 1. The average molecular weight is 273 g/mol. The summed E-state index contributed by atoms with van der Waals surface area (Å²) >= 11 is 1.66. The van der Waals surface area contributed by atoms with E-state index < -0.39 is 5.97 Å². The number of hydrogen-bond acceptors (Lipinski definition) is 3. The van der Waals surface area contributed by atoms with Gasteiger partial charge in [-0.3, -0.25) is 9.59 Å². The quantitative estimate of drug-likeness (QED) is 0.833. The highest BCUT2D eigenvalue weighted by atomic mass is 32.2. The summed E-state index contributed by atoms with van der Waals surface area (Å²) in [5.41, 5.74) is 0. The van der Waals surface area contributed by atoms with Crippen LogP contribution in [-0.4, -0.2) is 46.0 Å². The van der Waals surface area contributed by atoms with Gasteiger partial charge in [-0.2, -0.15) is 0 Å². The second kappa shape index (κ2) is 7.02. The molecular weight excluding hydrogens is 250 g/mol. The van der Waals surface area contributed by atoms with Crippen LogP contribution < -0.4 is 0 Å². The minimum Gasteiger partial charge on any atom is -0.481 e. The first kappa shape index (κ1) is 15.3. The lowest BCUT2D eigenvalue weighted by Gasteiger charge is -2.34. The molecule has 0 aliphatic carbocycles. The van der Waals surface area contributed by atoms with Gasteiger partial charge in [0, 0.05) is 13.1 Å². The lowest BCUT2D eigenvalue weighted by Crippen LogP contribution is -2.47. The smallest absolute Gasteiger partial charge is 0.308 e. The van der Waals surface area contributed by atoms with E-state index in [1.54, 1.807) is 16.7 Å². The minimum atomic E-state index is -0.781. The number of amides is 1. The van der Waals surface area contributed by atoms with Crippen molar-refractivity contribution in [1.29, 1.82) is 0 Å². The first-order chi connectivity index (χ1) is 8.47. The molecule has 0 aromatic heterocycles. The van der Waals surface area contributed by atoms with Crippen molar-refractivity contribution in [2.24, 2.45) is 11.8 Å². The Hall–Kier alpha value is -0.710. The Morgan fingerprint density at radius 1 is 1.44 bits per heavy atom. The van der Waals surface area contributed by atoms with Crippen molar-refractivity contribution < 1.29 is 14.7 Å². The van der Waals surface area contributed by atoms with Crippen molar-refractivity contribution in [3.05, 3.63) is 0 Å². The maximum Gasteiger partial charge on any atom is 0.308 e. The molecule has 0 bridgehead atoms. The Morgan fingerprint density at radius 3 is 2.61 bits per heavy atom. The molecule has 2 atom stereocenters. The molecule has 18 heavy (non-hydrogen) atoms. The highest BCUT2D eigenvalue weighted by Crippen LogP contribution is 2.25. The molecule has 1 fully saturated rings. The van der Waals surface area contributed by atoms with Crippen LogP contribution in [0.25, 0.3) is 0 Å². The van der Waals surface area contributed by atoms with E-state index in [-0.39, 0.29) is 23.0 Å². The molecule has 5 heteroatoms. The van der Waals surface area contributed by atoms with Crippen LogP contribution in [0.4, 0.5) is 0 Å². The van der Waals surface area contributed by atoms with Crippen LogP contribution in [0, 0.1) is 11.8 Å². The van der Waals surface area contributed by atoms with Gasteiger partial charge >= 0.3 is 5.97 Å². The second-order valence-electron chi connectivity index (χ2n) is 5.08. The highest BCUT2D eigenvalue weighted by Gasteiger charge is 2.32. The van der Waals surface area contributed by atoms with Crippen LogP contribution in [-0.2, 0) is 9.59 Å². The van der Waals surface area contributed by atoms with Crippen molar-refractivity contribution in [3.63, 3.8) is 0 Å². The van der Waals surface area contributed by atoms with E-state index in [1.165, 1.54) is 0 Å². The van der Waals surface area contributed by atoms with Gasteiger partial charge in [0.2, 0.25) is 5.91 Å². The lowest BCUT2D eigenvalue weighted by molar-refractivity contribution is -0.145. The molecule has 0 radical (unpaired) electrons. The third-order valence-electron chi connectivity index (χ3n) is 3.28. The molecule has 1 heterocycles. The van der Waals surface area contributed by atoms with E-state index >= 15 is 0 Å². The zero-order valence-electron chi connectivity index (χ0n) is 11.4. The number of carboxylic acid groups (broad SMARTS) is 1. The van der Waals surface area contributed by atoms with E-state index in [0.717, 1.165) is 12.2 Å². The van der Waals surface area contributed by atoms with Gasteiger partial charge in [0.1, 0.15) is 0 Å². The molecule has 1 N–H and O–H groups in total. The molecule has 4 nitrogen and oxygen atoms in total.